The van der Waals surface area contributed by atoms with Crippen molar-refractivity contribution >= 4 is 22.5 Å². The number of benzene rings is 1. The summed E-state index contributed by atoms with van der Waals surface area (Å²) >= 11 is 5.73. The van der Waals surface area contributed by atoms with Crippen molar-refractivity contribution in [2.75, 3.05) is 0 Å². The highest BCUT2D eigenvalue weighted by atomic mass is 35.5. The molecule has 134 valence electrons. The van der Waals surface area contributed by atoms with Crippen LogP contribution in [0.1, 0.15) is 18.4 Å². The second-order valence-corrected chi connectivity index (χ2v) is 5.80. The Kier molecular flexibility index (Phi) is 4.95. The van der Waals surface area contributed by atoms with E-state index in [1.54, 1.807) is 6.07 Å². The number of rotatable bonds is 5. The van der Waals surface area contributed by atoms with Gasteiger partial charge in [0.15, 0.2) is 5.75 Å². The first kappa shape index (κ1) is 17.9. The second-order valence-electron chi connectivity index (χ2n) is 5.36. The van der Waals surface area contributed by atoms with Gasteiger partial charge in [-0.25, -0.2) is 9.97 Å². The van der Waals surface area contributed by atoms with Gasteiger partial charge >= 0.3 is 12.2 Å². The molecule has 0 saturated carbocycles. The number of nitrogens with zero attached hydrogens (tertiary/aromatic N) is 5. The van der Waals surface area contributed by atoms with Gasteiger partial charge in [-0.3, -0.25) is 4.68 Å². The summed E-state index contributed by atoms with van der Waals surface area (Å²) in [5.74, 6) is 0.136. The number of halogens is 4. The average molecular weight is 382 g/mol. The third kappa shape index (κ3) is 4.03. The molecule has 10 heteroatoms. The number of nitriles is 1. The summed E-state index contributed by atoms with van der Waals surface area (Å²) in [6, 6.07) is 5.14. The van der Waals surface area contributed by atoms with E-state index in [1.807, 2.05) is 6.07 Å². The molecule has 0 spiro atoms. The number of aromatic nitrogens is 4. The molecule has 0 saturated heterocycles. The van der Waals surface area contributed by atoms with Crippen molar-refractivity contribution in [1.82, 2.24) is 19.7 Å². The summed E-state index contributed by atoms with van der Waals surface area (Å²) < 4.78 is 44.2. The SMILES string of the molecule is N#Cc1ccc2cnn(CCCC(F)(F)F)c2c1Oc1ncc(Cl)cn1. The van der Waals surface area contributed by atoms with Gasteiger partial charge < -0.3 is 4.74 Å². The summed E-state index contributed by atoms with van der Waals surface area (Å²) in [6.07, 6.45) is -1.15. The van der Waals surface area contributed by atoms with Gasteiger partial charge in [0.05, 0.1) is 29.2 Å². The largest absolute Gasteiger partial charge is 0.421 e. The van der Waals surface area contributed by atoms with Crippen LogP contribution in [0.2, 0.25) is 5.02 Å². The summed E-state index contributed by atoms with van der Waals surface area (Å²) in [7, 11) is 0. The van der Waals surface area contributed by atoms with Crippen molar-refractivity contribution in [3.05, 3.63) is 41.3 Å². The Morgan fingerprint density at radius 2 is 1.92 bits per heavy atom. The summed E-state index contributed by atoms with van der Waals surface area (Å²) in [5, 5.41) is 14.4. The Morgan fingerprint density at radius 3 is 2.58 bits per heavy atom. The highest BCUT2D eigenvalue weighted by Crippen LogP contribution is 2.33. The van der Waals surface area contributed by atoms with Crippen LogP contribution in [-0.2, 0) is 6.54 Å². The molecule has 1 aromatic carbocycles. The van der Waals surface area contributed by atoms with E-state index < -0.39 is 12.6 Å². The molecule has 6 nitrogen and oxygen atoms in total. The van der Waals surface area contributed by atoms with E-state index in [2.05, 4.69) is 15.1 Å². The van der Waals surface area contributed by atoms with Crippen LogP contribution < -0.4 is 4.74 Å². The van der Waals surface area contributed by atoms with Crippen LogP contribution in [0.15, 0.2) is 30.7 Å². The smallest absolute Gasteiger partial charge is 0.389 e. The van der Waals surface area contributed by atoms with Crippen molar-refractivity contribution in [2.45, 2.75) is 25.6 Å². The van der Waals surface area contributed by atoms with Crippen LogP contribution in [0.4, 0.5) is 13.2 Å². The maximum atomic E-state index is 12.4. The van der Waals surface area contributed by atoms with Gasteiger partial charge in [-0.15, -0.1) is 0 Å². The lowest BCUT2D eigenvalue weighted by Gasteiger charge is -2.11. The summed E-state index contributed by atoms with van der Waals surface area (Å²) in [5.41, 5.74) is 0.596. The molecule has 0 unspecified atom stereocenters. The molecule has 2 heterocycles. The van der Waals surface area contributed by atoms with Crippen molar-refractivity contribution in [3.8, 4) is 17.8 Å². The van der Waals surface area contributed by atoms with E-state index in [1.165, 1.54) is 29.3 Å². The number of hydrogen-bond acceptors (Lipinski definition) is 5. The minimum absolute atomic E-state index is 0.0235. The highest BCUT2D eigenvalue weighted by Gasteiger charge is 2.26. The zero-order chi connectivity index (χ0) is 18.7. The normalized spacial score (nSPS) is 11.5. The molecule has 2 aromatic heterocycles. The minimum atomic E-state index is -4.24. The van der Waals surface area contributed by atoms with Crippen LogP contribution in [0.5, 0.6) is 11.8 Å². The fourth-order valence-corrected chi connectivity index (χ4v) is 2.48. The molecule has 26 heavy (non-hydrogen) atoms. The molecule has 0 atom stereocenters. The van der Waals surface area contributed by atoms with Crippen molar-refractivity contribution in [1.29, 1.82) is 5.26 Å². The predicted octanol–water partition coefficient (Wildman–Crippen LogP) is 4.49. The molecule has 0 aliphatic rings. The van der Waals surface area contributed by atoms with E-state index >= 15 is 0 Å². The molecule has 0 fully saturated rings. The predicted molar refractivity (Wildman–Crippen MR) is 86.9 cm³/mol. The summed E-state index contributed by atoms with van der Waals surface area (Å²) in [4.78, 5) is 7.82. The number of hydrogen-bond donors (Lipinski definition) is 0. The van der Waals surface area contributed by atoms with Gasteiger partial charge in [-0.2, -0.15) is 23.5 Å². The second kappa shape index (κ2) is 7.17. The Labute approximate surface area is 150 Å². The average Bonchev–Trinajstić information content (AvgIpc) is 2.99. The first-order chi connectivity index (χ1) is 12.4. The lowest BCUT2D eigenvalue weighted by Crippen LogP contribution is -2.10. The first-order valence-corrected chi connectivity index (χ1v) is 7.86. The maximum absolute atomic E-state index is 12.4. The highest BCUT2D eigenvalue weighted by molar-refractivity contribution is 6.30. The Morgan fingerprint density at radius 1 is 1.19 bits per heavy atom. The zero-order valence-electron chi connectivity index (χ0n) is 13.2. The lowest BCUT2D eigenvalue weighted by atomic mass is 10.1. The van der Waals surface area contributed by atoms with Gasteiger partial charge in [0, 0.05) is 18.4 Å². The molecule has 0 N–H and O–H groups in total. The lowest BCUT2D eigenvalue weighted by molar-refractivity contribution is -0.135. The summed E-state index contributed by atoms with van der Waals surface area (Å²) in [6.45, 7) is 0.0235. The number of fused-ring (bicyclic) bond motifs is 1. The minimum Gasteiger partial charge on any atom is -0.421 e. The van der Waals surface area contributed by atoms with Gasteiger partial charge in [-0.05, 0) is 18.6 Å². The maximum Gasteiger partial charge on any atom is 0.389 e. The monoisotopic (exact) mass is 381 g/mol. The Balaban J connectivity index is 1.98. The third-order valence-electron chi connectivity index (χ3n) is 3.50. The van der Waals surface area contributed by atoms with E-state index in [0.29, 0.717) is 15.9 Å². The number of ether oxygens (including phenoxy) is 1. The van der Waals surface area contributed by atoms with Crippen LogP contribution in [-0.4, -0.2) is 25.9 Å². The Hall–Kier alpha value is -2.86. The molecular weight excluding hydrogens is 371 g/mol. The number of aryl methyl sites for hydroxylation is 1. The van der Waals surface area contributed by atoms with E-state index in [0.717, 1.165) is 0 Å². The molecule has 0 radical (unpaired) electrons. The van der Waals surface area contributed by atoms with E-state index in [-0.39, 0.29) is 30.3 Å². The topological polar surface area (TPSA) is 76.6 Å². The molecule has 0 aliphatic heterocycles. The molecular formula is C16H11ClF3N5O. The molecule has 3 rings (SSSR count). The fraction of sp³-hybridized carbons (Fsp3) is 0.250. The number of alkyl halides is 3. The molecule has 0 aliphatic carbocycles. The van der Waals surface area contributed by atoms with E-state index in [4.69, 9.17) is 16.3 Å². The first-order valence-electron chi connectivity index (χ1n) is 7.48. The van der Waals surface area contributed by atoms with Crippen LogP contribution in [0, 0.1) is 11.3 Å². The van der Waals surface area contributed by atoms with Crippen molar-refractivity contribution < 1.29 is 17.9 Å². The van der Waals surface area contributed by atoms with Crippen LogP contribution >= 0.6 is 11.6 Å². The van der Waals surface area contributed by atoms with Crippen molar-refractivity contribution in [2.24, 2.45) is 0 Å². The zero-order valence-corrected chi connectivity index (χ0v) is 13.9. The van der Waals surface area contributed by atoms with E-state index in [9.17, 15) is 18.4 Å². The molecule has 0 amide bonds. The molecule has 0 bridgehead atoms. The van der Waals surface area contributed by atoms with Gasteiger partial charge in [0.1, 0.15) is 11.6 Å². The standard InChI is InChI=1S/C16H11ClF3N5O/c17-12-8-22-15(23-9-12)26-14-10(6-21)2-3-11-7-24-25(13(11)14)5-1-4-16(18,19)20/h2-3,7-9H,1,4-5H2. The quantitative estimate of drug-likeness (QED) is 0.651. The van der Waals surface area contributed by atoms with Gasteiger partial charge in [-0.1, -0.05) is 11.6 Å². The van der Waals surface area contributed by atoms with Gasteiger partial charge in [0.2, 0.25) is 0 Å². The van der Waals surface area contributed by atoms with Gasteiger partial charge in [0.25, 0.3) is 0 Å². The third-order valence-corrected chi connectivity index (χ3v) is 3.69. The van der Waals surface area contributed by atoms with Crippen LogP contribution in [0.25, 0.3) is 10.9 Å². The van der Waals surface area contributed by atoms with Crippen LogP contribution in [0.3, 0.4) is 0 Å². The van der Waals surface area contributed by atoms with Crippen molar-refractivity contribution in [3.63, 3.8) is 0 Å². The fourth-order valence-electron chi connectivity index (χ4n) is 2.38. The molecule has 3 aromatic rings. The Bertz CT molecular complexity index is 963.